The van der Waals surface area contributed by atoms with Crippen LogP contribution < -0.4 is 10.1 Å². The molecule has 0 saturated carbocycles. The summed E-state index contributed by atoms with van der Waals surface area (Å²) in [6.07, 6.45) is 0.118. The standard InChI is InChI=1S/C14H20BrNO3/c1-8-9(2)14(19-4)11(10(3)13(8)15)7-16-6-5-12(17)18/h16H,5-7H2,1-4H3,(H,17,18). The SMILES string of the molecule is COc1c(C)c(C)c(Br)c(C)c1CNCCC(=O)O. The highest BCUT2D eigenvalue weighted by molar-refractivity contribution is 9.10. The van der Waals surface area contributed by atoms with E-state index in [1.165, 1.54) is 5.56 Å². The van der Waals surface area contributed by atoms with Gasteiger partial charge in [0.15, 0.2) is 0 Å². The number of ether oxygens (including phenoxy) is 1. The maximum Gasteiger partial charge on any atom is 0.304 e. The number of hydrogen-bond acceptors (Lipinski definition) is 3. The van der Waals surface area contributed by atoms with Gasteiger partial charge in [0.1, 0.15) is 5.75 Å². The summed E-state index contributed by atoms with van der Waals surface area (Å²) >= 11 is 3.60. The molecule has 0 aliphatic heterocycles. The summed E-state index contributed by atoms with van der Waals surface area (Å²) in [6, 6.07) is 0. The van der Waals surface area contributed by atoms with Crippen LogP contribution >= 0.6 is 15.9 Å². The van der Waals surface area contributed by atoms with Crippen LogP contribution in [0.5, 0.6) is 5.75 Å². The Morgan fingerprint density at radius 2 is 1.89 bits per heavy atom. The van der Waals surface area contributed by atoms with Gasteiger partial charge in [-0.15, -0.1) is 0 Å². The number of benzene rings is 1. The van der Waals surface area contributed by atoms with Crippen LogP contribution in [-0.2, 0) is 11.3 Å². The quantitative estimate of drug-likeness (QED) is 0.788. The Hall–Kier alpha value is -1.07. The molecule has 1 aromatic carbocycles. The summed E-state index contributed by atoms with van der Waals surface area (Å²) in [6.45, 7) is 7.16. The number of nitrogens with one attached hydrogen (secondary N) is 1. The summed E-state index contributed by atoms with van der Waals surface area (Å²) in [5.41, 5.74) is 4.48. The zero-order valence-electron chi connectivity index (χ0n) is 11.8. The number of carbonyl (C=O) groups is 1. The van der Waals surface area contributed by atoms with Gasteiger partial charge in [0, 0.05) is 23.1 Å². The van der Waals surface area contributed by atoms with E-state index in [2.05, 4.69) is 28.2 Å². The molecule has 0 aliphatic rings. The van der Waals surface area contributed by atoms with E-state index in [0.29, 0.717) is 13.1 Å². The second-order valence-electron chi connectivity index (χ2n) is 4.52. The van der Waals surface area contributed by atoms with E-state index in [1.807, 2.05) is 13.8 Å². The van der Waals surface area contributed by atoms with Gasteiger partial charge in [-0.3, -0.25) is 4.79 Å². The molecule has 0 heterocycles. The van der Waals surface area contributed by atoms with Gasteiger partial charge in [-0.2, -0.15) is 0 Å². The fourth-order valence-corrected chi connectivity index (χ4v) is 2.58. The lowest BCUT2D eigenvalue weighted by molar-refractivity contribution is -0.136. The molecule has 0 spiro atoms. The lowest BCUT2D eigenvalue weighted by atomic mass is 9.99. The maximum atomic E-state index is 10.5. The van der Waals surface area contributed by atoms with Crippen LogP contribution in [0.2, 0.25) is 0 Å². The minimum Gasteiger partial charge on any atom is -0.496 e. The van der Waals surface area contributed by atoms with Crippen LogP contribution in [0.1, 0.15) is 28.7 Å². The van der Waals surface area contributed by atoms with Crippen molar-refractivity contribution in [1.82, 2.24) is 5.32 Å². The fraction of sp³-hybridized carbons (Fsp3) is 0.500. The highest BCUT2D eigenvalue weighted by Crippen LogP contribution is 2.35. The van der Waals surface area contributed by atoms with Gasteiger partial charge in [-0.1, -0.05) is 15.9 Å². The van der Waals surface area contributed by atoms with Gasteiger partial charge in [0.2, 0.25) is 0 Å². The van der Waals surface area contributed by atoms with Gasteiger partial charge >= 0.3 is 5.97 Å². The second-order valence-corrected chi connectivity index (χ2v) is 5.31. The third kappa shape index (κ3) is 3.70. The number of hydrogen-bond donors (Lipinski definition) is 2. The van der Waals surface area contributed by atoms with Crippen LogP contribution in [0.3, 0.4) is 0 Å². The Balaban J connectivity index is 2.96. The number of rotatable bonds is 6. The van der Waals surface area contributed by atoms with Crippen LogP contribution in [0, 0.1) is 20.8 Å². The van der Waals surface area contributed by atoms with Crippen LogP contribution in [0.15, 0.2) is 4.47 Å². The van der Waals surface area contributed by atoms with Crippen LogP contribution in [0.25, 0.3) is 0 Å². The van der Waals surface area contributed by atoms with Gasteiger partial charge in [-0.25, -0.2) is 0 Å². The first kappa shape index (κ1) is 16.0. The molecule has 0 fully saturated rings. The topological polar surface area (TPSA) is 58.6 Å². The number of methoxy groups -OCH3 is 1. The lowest BCUT2D eigenvalue weighted by Crippen LogP contribution is -2.19. The van der Waals surface area contributed by atoms with Crippen molar-refractivity contribution in [1.29, 1.82) is 0 Å². The molecular weight excluding hydrogens is 310 g/mol. The molecule has 0 amide bonds. The molecule has 0 aromatic heterocycles. The molecule has 1 aromatic rings. The summed E-state index contributed by atoms with van der Waals surface area (Å²) in [4.78, 5) is 10.5. The minimum atomic E-state index is -0.794. The monoisotopic (exact) mass is 329 g/mol. The molecule has 0 aliphatic carbocycles. The van der Waals surface area contributed by atoms with Crippen LogP contribution in [0.4, 0.5) is 0 Å². The summed E-state index contributed by atoms with van der Waals surface area (Å²) in [5.74, 6) is 0.0819. The molecule has 0 saturated heterocycles. The van der Waals surface area contributed by atoms with Crippen molar-refractivity contribution in [2.45, 2.75) is 33.7 Å². The van der Waals surface area contributed by atoms with Crippen molar-refractivity contribution in [3.05, 3.63) is 26.7 Å². The van der Waals surface area contributed by atoms with Crippen molar-refractivity contribution < 1.29 is 14.6 Å². The summed E-state index contributed by atoms with van der Waals surface area (Å²) < 4.78 is 6.58. The maximum absolute atomic E-state index is 10.5. The average molecular weight is 330 g/mol. The van der Waals surface area contributed by atoms with E-state index < -0.39 is 5.97 Å². The number of carboxylic acid groups (broad SMARTS) is 1. The predicted octanol–water partition coefficient (Wildman–Crippen LogP) is 2.95. The summed E-state index contributed by atoms with van der Waals surface area (Å²) in [5, 5.41) is 11.8. The molecule has 0 radical (unpaired) electrons. The summed E-state index contributed by atoms with van der Waals surface area (Å²) in [7, 11) is 1.66. The highest BCUT2D eigenvalue weighted by Gasteiger charge is 2.16. The van der Waals surface area contributed by atoms with E-state index >= 15 is 0 Å². The molecular formula is C14H20BrNO3. The first-order valence-electron chi connectivity index (χ1n) is 6.14. The average Bonchev–Trinajstić information content (AvgIpc) is 2.37. The van der Waals surface area contributed by atoms with E-state index in [0.717, 1.165) is 26.9 Å². The first-order chi connectivity index (χ1) is 8.90. The zero-order valence-corrected chi connectivity index (χ0v) is 13.3. The van der Waals surface area contributed by atoms with Gasteiger partial charge < -0.3 is 15.2 Å². The molecule has 0 atom stereocenters. The van der Waals surface area contributed by atoms with Gasteiger partial charge in [-0.05, 0) is 37.5 Å². The second kappa shape index (κ2) is 6.91. The molecule has 4 nitrogen and oxygen atoms in total. The molecule has 5 heteroatoms. The van der Waals surface area contributed by atoms with Crippen LogP contribution in [-0.4, -0.2) is 24.7 Å². The minimum absolute atomic E-state index is 0.118. The molecule has 0 unspecified atom stereocenters. The normalized spacial score (nSPS) is 10.6. The molecule has 106 valence electrons. The number of halogens is 1. The smallest absolute Gasteiger partial charge is 0.304 e. The van der Waals surface area contributed by atoms with Crippen molar-refractivity contribution in [2.75, 3.05) is 13.7 Å². The molecule has 1 rings (SSSR count). The Labute approximate surface area is 122 Å². The predicted molar refractivity (Wildman–Crippen MR) is 78.9 cm³/mol. The zero-order chi connectivity index (χ0) is 14.6. The third-order valence-electron chi connectivity index (χ3n) is 3.31. The van der Waals surface area contributed by atoms with Crippen molar-refractivity contribution in [2.24, 2.45) is 0 Å². The lowest BCUT2D eigenvalue weighted by Gasteiger charge is -2.19. The fourth-order valence-electron chi connectivity index (χ4n) is 2.04. The molecule has 2 N–H and O–H groups in total. The van der Waals surface area contributed by atoms with E-state index in [-0.39, 0.29) is 6.42 Å². The molecule has 19 heavy (non-hydrogen) atoms. The van der Waals surface area contributed by atoms with Crippen molar-refractivity contribution >= 4 is 21.9 Å². The third-order valence-corrected chi connectivity index (χ3v) is 4.50. The Kier molecular flexibility index (Phi) is 5.82. The Morgan fingerprint density at radius 1 is 1.26 bits per heavy atom. The van der Waals surface area contributed by atoms with Gasteiger partial charge in [0.25, 0.3) is 0 Å². The number of aliphatic carboxylic acids is 1. The first-order valence-corrected chi connectivity index (χ1v) is 6.94. The van der Waals surface area contributed by atoms with Gasteiger partial charge in [0.05, 0.1) is 13.5 Å². The number of carboxylic acids is 1. The Morgan fingerprint density at radius 3 is 2.42 bits per heavy atom. The largest absolute Gasteiger partial charge is 0.496 e. The molecule has 0 bridgehead atoms. The van der Waals surface area contributed by atoms with Crippen molar-refractivity contribution in [3.8, 4) is 5.75 Å². The van der Waals surface area contributed by atoms with E-state index in [1.54, 1.807) is 7.11 Å². The van der Waals surface area contributed by atoms with E-state index in [4.69, 9.17) is 9.84 Å². The highest BCUT2D eigenvalue weighted by atomic mass is 79.9. The van der Waals surface area contributed by atoms with E-state index in [9.17, 15) is 4.79 Å². The Bertz CT molecular complexity index is 486. The van der Waals surface area contributed by atoms with Crippen molar-refractivity contribution in [3.63, 3.8) is 0 Å².